The number of likely N-dealkylation sites (tertiary alicyclic amines) is 2. The zero-order valence-electron chi connectivity index (χ0n) is 11.7. The van der Waals surface area contributed by atoms with Gasteiger partial charge in [-0.1, -0.05) is 12.1 Å². The number of carbonyl (C=O) groups excluding carboxylic acids is 1. The molecule has 0 aliphatic carbocycles. The number of piperidine rings is 1. The van der Waals surface area contributed by atoms with Crippen LogP contribution < -0.4 is 0 Å². The Morgan fingerprint density at radius 2 is 2.25 bits per heavy atom. The largest absolute Gasteiger partial charge is 0.334 e. The SMILES string of the molecule is C=CCN1C(=O)CC[C@@H]2[C@H]1CCN2Cc1ccccn1. The van der Waals surface area contributed by atoms with Crippen LogP contribution in [0.1, 0.15) is 25.0 Å². The molecule has 0 spiro atoms. The minimum atomic E-state index is 0.283. The normalized spacial score (nSPS) is 26.6. The van der Waals surface area contributed by atoms with Crippen molar-refractivity contribution in [2.45, 2.75) is 37.9 Å². The van der Waals surface area contributed by atoms with Gasteiger partial charge in [-0.25, -0.2) is 0 Å². The molecule has 0 aromatic carbocycles. The van der Waals surface area contributed by atoms with Crippen molar-refractivity contribution in [2.24, 2.45) is 0 Å². The molecule has 0 radical (unpaired) electrons. The minimum absolute atomic E-state index is 0.283. The van der Waals surface area contributed by atoms with Gasteiger partial charge in [-0.2, -0.15) is 0 Å². The highest BCUT2D eigenvalue weighted by atomic mass is 16.2. The van der Waals surface area contributed by atoms with Crippen LogP contribution in [0.2, 0.25) is 0 Å². The lowest BCUT2D eigenvalue weighted by Gasteiger charge is -2.39. The molecule has 2 aliphatic rings. The van der Waals surface area contributed by atoms with Crippen molar-refractivity contribution in [1.82, 2.24) is 14.8 Å². The van der Waals surface area contributed by atoms with Crippen LogP contribution in [-0.2, 0) is 11.3 Å². The molecule has 1 aromatic heterocycles. The fourth-order valence-corrected chi connectivity index (χ4v) is 3.51. The molecule has 4 nitrogen and oxygen atoms in total. The Morgan fingerprint density at radius 3 is 3.00 bits per heavy atom. The van der Waals surface area contributed by atoms with Crippen LogP contribution in [0.4, 0.5) is 0 Å². The lowest BCUT2D eigenvalue weighted by molar-refractivity contribution is -0.136. The molecule has 3 rings (SSSR count). The molecule has 106 valence electrons. The standard InChI is InChI=1S/C16H21N3O/c1-2-10-19-15-8-11-18(14(15)6-7-16(19)20)12-13-5-3-4-9-17-13/h2-5,9,14-15H,1,6-8,10-12H2/t14-,15-/m1/s1. The monoisotopic (exact) mass is 271 g/mol. The molecule has 0 saturated carbocycles. The number of fused-ring (bicyclic) bond motifs is 1. The lowest BCUT2D eigenvalue weighted by atomic mass is 9.96. The number of carbonyl (C=O) groups is 1. The van der Waals surface area contributed by atoms with Crippen LogP contribution in [0.5, 0.6) is 0 Å². The molecule has 3 heterocycles. The van der Waals surface area contributed by atoms with E-state index in [-0.39, 0.29) is 5.91 Å². The summed E-state index contributed by atoms with van der Waals surface area (Å²) >= 11 is 0. The first-order valence-electron chi connectivity index (χ1n) is 7.34. The number of aromatic nitrogens is 1. The topological polar surface area (TPSA) is 36.4 Å². The maximum absolute atomic E-state index is 12.0. The van der Waals surface area contributed by atoms with Gasteiger partial charge < -0.3 is 4.90 Å². The van der Waals surface area contributed by atoms with E-state index in [2.05, 4.69) is 22.5 Å². The molecule has 0 N–H and O–H groups in total. The molecule has 2 fully saturated rings. The third kappa shape index (κ3) is 2.48. The van der Waals surface area contributed by atoms with E-state index in [1.54, 1.807) is 0 Å². The zero-order chi connectivity index (χ0) is 13.9. The molecular formula is C16H21N3O. The van der Waals surface area contributed by atoms with E-state index in [0.717, 1.165) is 31.6 Å². The molecule has 0 unspecified atom stereocenters. The number of nitrogens with zero attached hydrogens (tertiary/aromatic N) is 3. The quantitative estimate of drug-likeness (QED) is 0.784. The summed E-state index contributed by atoms with van der Waals surface area (Å²) in [7, 11) is 0. The van der Waals surface area contributed by atoms with Crippen molar-refractivity contribution in [3.63, 3.8) is 0 Å². The summed E-state index contributed by atoms with van der Waals surface area (Å²) in [6, 6.07) is 6.89. The van der Waals surface area contributed by atoms with Gasteiger partial charge >= 0.3 is 0 Å². The Balaban J connectivity index is 1.71. The Morgan fingerprint density at radius 1 is 1.35 bits per heavy atom. The third-order valence-electron chi connectivity index (χ3n) is 4.42. The van der Waals surface area contributed by atoms with E-state index in [9.17, 15) is 4.79 Å². The van der Waals surface area contributed by atoms with Gasteiger partial charge in [-0.05, 0) is 25.0 Å². The van der Waals surface area contributed by atoms with Gasteiger partial charge in [0.25, 0.3) is 0 Å². The van der Waals surface area contributed by atoms with E-state index in [0.29, 0.717) is 25.0 Å². The van der Waals surface area contributed by atoms with Crippen molar-refractivity contribution in [1.29, 1.82) is 0 Å². The van der Waals surface area contributed by atoms with Gasteiger partial charge in [0.15, 0.2) is 0 Å². The smallest absolute Gasteiger partial charge is 0.223 e. The van der Waals surface area contributed by atoms with Gasteiger partial charge in [0.1, 0.15) is 0 Å². The second-order valence-corrected chi connectivity index (χ2v) is 5.59. The molecular weight excluding hydrogens is 250 g/mol. The lowest BCUT2D eigenvalue weighted by Crippen LogP contribution is -2.52. The fraction of sp³-hybridized carbons (Fsp3) is 0.500. The second kappa shape index (κ2) is 5.75. The van der Waals surface area contributed by atoms with Gasteiger partial charge in [0, 0.05) is 44.3 Å². The highest BCUT2D eigenvalue weighted by Gasteiger charge is 2.42. The third-order valence-corrected chi connectivity index (χ3v) is 4.42. The Labute approximate surface area is 120 Å². The average Bonchev–Trinajstić information content (AvgIpc) is 2.86. The predicted molar refractivity (Wildman–Crippen MR) is 78.0 cm³/mol. The highest BCUT2D eigenvalue weighted by molar-refractivity contribution is 5.78. The minimum Gasteiger partial charge on any atom is -0.334 e. The first-order valence-corrected chi connectivity index (χ1v) is 7.34. The van der Waals surface area contributed by atoms with Crippen LogP contribution in [0.3, 0.4) is 0 Å². The summed E-state index contributed by atoms with van der Waals surface area (Å²) in [5, 5.41) is 0. The average molecular weight is 271 g/mol. The molecule has 2 aliphatic heterocycles. The summed E-state index contributed by atoms with van der Waals surface area (Å²) in [4.78, 5) is 20.9. The van der Waals surface area contributed by atoms with Gasteiger partial charge in [0.2, 0.25) is 5.91 Å². The number of amides is 1. The number of rotatable bonds is 4. The first kappa shape index (κ1) is 13.3. The molecule has 1 amide bonds. The summed E-state index contributed by atoms with van der Waals surface area (Å²) in [6.45, 7) is 6.39. The van der Waals surface area contributed by atoms with E-state index in [1.807, 2.05) is 29.3 Å². The van der Waals surface area contributed by atoms with Gasteiger partial charge in [-0.3, -0.25) is 14.7 Å². The van der Waals surface area contributed by atoms with E-state index in [1.165, 1.54) is 0 Å². The Kier molecular flexibility index (Phi) is 3.83. The first-order chi connectivity index (χ1) is 9.79. The summed E-state index contributed by atoms with van der Waals surface area (Å²) in [5.74, 6) is 0.283. The molecule has 4 heteroatoms. The summed E-state index contributed by atoms with van der Waals surface area (Å²) in [5.41, 5.74) is 1.11. The molecule has 1 aromatic rings. The fourth-order valence-electron chi connectivity index (χ4n) is 3.51. The van der Waals surface area contributed by atoms with E-state index in [4.69, 9.17) is 0 Å². The molecule has 20 heavy (non-hydrogen) atoms. The van der Waals surface area contributed by atoms with E-state index < -0.39 is 0 Å². The molecule has 2 saturated heterocycles. The maximum Gasteiger partial charge on any atom is 0.223 e. The number of hydrogen-bond acceptors (Lipinski definition) is 3. The van der Waals surface area contributed by atoms with Crippen molar-refractivity contribution < 1.29 is 4.79 Å². The van der Waals surface area contributed by atoms with Crippen molar-refractivity contribution in [3.8, 4) is 0 Å². The van der Waals surface area contributed by atoms with Crippen molar-refractivity contribution >= 4 is 5.91 Å². The van der Waals surface area contributed by atoms with Crippen LogP contribution >= 0.6 is 0 Å². The van der Waals surface area contributed by atoms with Crippen molar-refractivity contribution in [2.75, 3.05) is 13.1 Å². The Hall–Kier alpha value is -1.68. The van der Waals surface area contributed by atoms with Crippen LogP contribution in [0, 0.1) is 0 Å². The zero-order valence-corrected chi connectivity index (χ0v) is 11.7. The summed E-state index contributed by atoms with van der Waals surface area (Å²) < 4.78 is 0. The van der Waals surface area contributed by atoms with E-state index >= 15 is 0 Å². The van der Waals surface area contributed by atoms with Crippen LogP contribution in [0.15, 0.2) is 37.1 Å². The molecule has 0 bridgehead atoms. The number of hydrogen-bond donors (Lipinski definition) is 0. The second-order valence-electron chi connectivity index (χ2n) is 5.59. The predicted octanol–water partition coefficient (Wildman–Crippen LogP) is 1.83. The van der Waals surface area contributed by atoms with Gasteiger partial charge in [-0.15, -0.1) is 6.58 Å². The summed E-state index contributed by atoms with van der Waals surface area (Å²) in [6.07, 6.45) is 6.38. The highest BCUT2D eigenvalue weighted by Crippen LogP contribution is 2.32. The van der Waals surface area contributed by atoms with Crippen LogP contribution in [-0.4, -0.2) is 45.9 Å². The number of pyridine rings is 1. The van der Waals surface area contributed by atoms with Crippen LogP contribution in [0.25, 0.3) is 0 Å². The van der Waals surface area contributed by atoms with Gasteiger partial charge in [0.05, 0.1) is 5.69 Å². The van der Waals surface area contributed by atoms with Crippen molar-refractivity contribution in [3.05, 3.63) is 42.7 Å². The Bertz CT molecular complexity index is 488. The maximum atomic E-state index is 12.0. The molecule has 2 atom stereocenters.